The van der Waals surface area contributed by atoms with Gasteiger partial charge in [-0.2, -0.15) is 0 Å². The molecule has 1 fully saturated rings. The molecule has 0 unspecified atom stereocenters. The van der Waals surface area contributed by atoms with E-state index in [0.717, 1.165) is 0 Å². The molecule has 8 nitrogen and oxygen atoms in total. The molecule has 2 aromatic rings. The van der Waals surface area contributed by atoms with Crippen molar-refractivity contribution in [3.63, 3.8) is 0 Å². The van der Waals surface area contributed by atoms with E-state index in [9.17, 15) is 24.9 Å². The van der Waals surface area contributed by atoms with Gasteiger partial charge in [0.1, 0.15) is 24.1 Å². The van der Waals surface area contributed by atoms with E-state index in [2.05, 4.69) is 0 Å². The van der Waals surface area contributed by atoms with Gasteiger partial charge < -0.3 is 29.9 Å². The molecule has 0 radical (unpaired) electrons. The molecule has 5 atom stereocenters. The molecule has 3 rings (SSSR count). The molecular weight excluding hydrogens is 380 g/mol. The van der Waals surface area contributed by atoms with E-state index in [1.807, 2.05) is 6.07 Å². The smallest absolute Gasteiger partial charge is 0.335 e. The predicted molar refractivity (Wildman–Crippen MR) is 101 cm³/mol. The van der Waals surface area contributed by atoms with Gasteiger partial charge >= 0.3 is 5.97 Å². The zero-order valence-electron chi connectivity index (χ0n) is 15.2. The molecular formula is C21H20O8. The highest BCUT2D eigenvalue weighted by Gasteiger charge is 2.48. The Bertz CT molecular complexity index is 877. The Morgan fingerprint density at radius 2 is 1.55 bits per heavy atom. The lowest BCUT2D eigenvalue weighted by Crippen LogP contribution is -2.61. The van der Waals surface area contributed by atoms with Gasteiger partial charge in [0.2, 0.25) is 6.29 Å². The Morgan fingerprint density at radius 3 is 2.17 bits per heavy atom. The van der Waals surface area contributed by atoms with E-state index >= 15 is 0 Å². The van der Waals surface area contributed by atoms with Crippen LogP contribution in [0.25, 0.3) is 6.08 Å². The van der Waals surface area contributed by atoms with Crippen LogP contribution in [0.15, 0.2) is 60.7 Å². The van der Waals surface area contributed by atoms with Crippen molar-refractivity contribution in [1.82, 2.24) is 0 Å². The second kappa shape index (κ2) is 8.97. The van der Waals surface area contributed by atoms with Crippen molar-refractivity contribution in [3.05, 3.63) is 71.8 Å². The number of aliphatic carboxylic acids is 1. The van der Waals surface area contributed by atoms with Gasteiger partial charge in [-0.3, -0.25) is 4.79 Å². The minimum absolute atomic E-state index is 0.142. The number of hydrogen-bond donors (Lipinski definition) is 4. The van der Waals surface area contributed by atoms with Crippen molar-refractivity contribution in [2.75, 3.05) is 0 Å². The van der Waals surface area contributed by atoms with Crippen LogP contribution in [0.3, 0.4) is 0 Å². The zero-order chi connectivity index (χ0) is 21.0. The topological polar surface area (TPSA) is 134 Å². The number of hydrogen-bond acceptors (Lipinski definition) is 7. The Balaban J connectivity index is 1.65. The molecule has 8 heteroatoms. The Hall–Kier alpha value is -3.04. The van der Waals surface area contributed by atoms with Crippen LogP contribution in [-0.4, -0.2) is 62.9 Å². The fourth-order valence-corrected chi connectivity index (χ4v) is 2.81. The molecule has 0 bridgehead atoms. The van der Waals surface area contributed by atoms with Gasteiger partial charge in [-0.25, -0.2) is 4.79 Å². The standard InChI is InChI=1S/C21H20O8/c22-15(13-4-2-1-3-5-13)11-8-12-6-9-14(10-7-12)28-21-18(25)16(23)17(24)19(29-21)20(26)27/h1-11,16-19,21,23-25H,(H,26,27)/b11-8+/t16-,17-,18+,19-,21+/m0/s1. The van der Waals surface area contributed by atoms with Crippen molar-refractivity contribution in [2.45, 2.75) is 30.7 Å². The quantitative estimate of drug-likeness (QED) is 0.414. The number of aliphatic hydroxyl groups excluding tert-OH is 3. The molecule has 1 aliphatic heterocycles. The molecule has 29 heavy (non-hydrogen) atoms. The first kappa shape index (κ1) is 20.7. The summed E-state index contributed by atoms with van der Waals surface area (Å²) in [5.74, 6) is -1.38. The van der Waals surface area contributed by atoms with Crippen LogP contribution in [0.2, 0.25) is 0 Å². The summed E-state index contributed by atoms with van der Waals surface area (Å²) in [6.45, 7) is 0. The molecule has 2 aromatic carbocycles. The van der Waals surface area contributed by atoms with Crippen LogP contribution in [0, 0.1) is 0 Å². The highest BCUT2D eigenvalue weighted by Crippen LogP contribution is 2.25. The number of aliphatic hydroxyl groups is 3. The van der Waals surface area contributed by atoms with Gasteiger partial charge in [-0.1, -0.05) is 48.5 Å². The predicted octanol–water partition coefficient (Wildman–Crippen LogP) is 0.854. The number of carbonyl (C=O) groups excluding carboxylic acids is 1. The first-order chi connectivity index (χ1) is 13.9. The first-order valence-corrected chi connectivity index (χ1v) is 8.83. The minimum atomic E-state index is -1.78. The summed E-state index contributed by atoms with van der Waals surface area (Å²) < 4.78 is 10.5. The molecule has 1 aliphatic rings. The van der Waals surface area contributed by atoms with Crippen molar-refractivity contribution in [1.29, 1.82) is 0 Å². The van der Waals surface area contributed by atoms with E-state index in [0.29, 0.717) is 11.1 Å². The minimum Gasteiger partial charge on any atom is -0.479 e. The summed E-state index contributed by atoms with van der Waals surface area (Å²) in [7, 11) is 0. The summed E-state index contributed by atoms with van der Waals surface area (Å²) in [6, 6.07) is 15.2. The van der Waals surface area contributed by atoms with E-state index in [1.54, 1.807) is 42.5 Å². The van der Waals surface area contributed by atoms with Crippen LogP contribution < -0.4 is 4.74 Å². The molecule has 4 N–H and O–H groups in total. The number of ketones is 1. The Morgan fingerprint density at radius 1 is 0.897 bits per heavy atom. The zero-order valence-corrected chi connectivity index (χ0v) is 15.2. The second-order valence-corrected chi connectivity index (χ2v) is 6.49. The number of benzene rings is 2. The number of carboxylic acids is 1. The number of ether oxygens (including phenoxy) is 2. The molecule has 152 valence electrons. The largest absolute Gasteiger partial charge is 0.479 e. The van der Waals surface area contributed by atoms with Crippen LogP contribution in [-0.2, 0) is 9.53 Å². The number of carbonyl (C=O) groups is 2. The van der Waals surface area contributed by atoms with Crippen LogP contribution in [0.1, 0.15) is 15.9 Å². The summed E-state index contributed by atoms with van der Waals surface area (Å²) in [6.07, 6.45) is -5.29. The molecule has 0 aromatic heterocycles. The fraction of sp³-hybridized carbons (Fsp3) is 0.238. The monoisotopic (exact) mass is 400 g/mol. The van der Waals surface area contributed by atoms with Crippen LogP contribution in [0.4, 0.5) is 0 Å². The maximum Gasteiger partial charge on any atom is 0.335 e. The fourth-order valence-electron chi connectivity index (χ4n) is 2.81. The average Bonchev–Trinajstić information content (AvgIpc) is 2.73. The molecule has 0 spiro atoms. The second-order valence-electron chi connectivity index (χ2n) is 6.49. The number of rotatable bonds is 6. The molecule has 0 saturated carbocycles. The summed E-state index contributed by atoms with van der Waals surface area (Å²) in [5, 5.41) is 38.5. The molecule has 0 aliphatic carbocycles. The van der Waals surface area contributed by atoms with Crippen molar-refractivity contribution in [2.24, 2.45) is 0 Å². The summed E-state index contributed by atoms with van der Waals surface area (Å²) >= 11 is 0. The lowest BCUT2D eigenvalue weighted by molar-refractivity contribution is -0.271. The van der Waals surface area contributed by atoms with Gasteiger partial charge in [0.05, 0.1) is 0 Å². The summed E-state index contributed by atoms with van der Waals surface area (Å²) in [5.41, 5.74) is 1.28. The number of allylic oxidation sites excluding steroid dienone is 1. The molecule has 1 heterocycles. The van der Waals surface area contributed by atoms with Gasteiger partial charge in [-0.15, -0.1) is 0 Å². The van der Waals surface area contributed by atoms with Gasteiger partial charge in [-0.05, 0) is 23.8 Å². The van der Waals surface area contributed by atoms with E-state index in [-0.39, 0.29) is 11.5 Å². The van der Waals surface area contributed by atoms with E-state index in [1.165, 1.54) is 18.2 Å². The third-order valence-corrected chi connectivity index (χ3v) is 4.43. The van der Waals surface area contributed by atoms with Gasteiger partial charge in [0.15, 0.2) is 11.9 Å². The SMILES string of the molecule is O=C(/C=C/c1ccc(O[C@@H]2O[C@H](C(=O)O)[C@@H](O)[C@H](O)[C@H]2O)cc1)c1ccccc1. The average molecular weight is 400 g/mol. The van der Waals surface area contributed by atoms with Gasteiger partial charge in [0, 0.05) is 5.56 Å². The Kier molecular flexibility index (Phi) is 6.40. The van der Waals surface area contributed by atoms with Gasteiger partial charge in [0.25, 0.3) is 0 Å². The maximum absolute atomic E-state index is 12.1. The lowest BCUT2D eigenvalue weighted by Gasteiger charge is -2.38. The molecule has 0 amide bonds. The first-order valence-electron chi connectivity index (χ1n) is 8.83. The maximum atomic E-state index is 12.1. The highest BCUT2D eigenvalue weighted by molar-refractivity contribution is 6.06. The number of carboxylic acid groups (broad SMARTS) is 1. The third kappa shape index (κ3) is 4.87. The normalized spacial score (nSPS) is 26.9. The van der Waals surface area contributed by atoms with Crippen molar-refractivity contribution in [3.8, 4) is 5.75 Å². The van der Waals surface area contributed by atoms with E-state index in [4.69, 9.17) is 14.6 Å². The van der Waals surface area contributed by atoms with E-state index < -0.39 is 36.7 Å². The lowest BCUT2D eigenvalue weighted by atomic mass is 9.99. The van der Waals surface area contributed by atoms with Crippen molar-refractivity contribution < 1.29 is 39.5 Å². The third-order valence-electron chi connectivity index (χ3n) is 4.43. The van der Waals surface area contributed by atoms with Crippen LogP contribution >= 0.6 is 0 Å². The Labute approximate surface area is 166 Å². The highest BCUT2D eigenvalue weighted by atomic mass is 16.7. The van der Waals surface area contributed by atoms with Crippen molar-refractivity contribution >= 4 is 17.8 Å². The van der Waals surface area contributed by atoms with Crippen LogP contribution in [0.5, 0.6) is 5.75 Å². The summed E-state index contributed by atoms with van der Waals surface area (Å²) in [4.78, 5) is 23.2. The molecule has 1 saturated heterocycles.